The topological polar surface area (TPSA) is 85.0 Å². The summed E-state index contributed by atoms with van der Waals surface area (Å²) in [6, 6.07) is 10.3. The van der Waals surface area contributed by atoms with Crippen LogP contribution in [0, 0.1) is 5.92 Å². The lowest BCUT2D eigenvalue weighted by Gasteiger charge is -2.30. The van der Waals surface area contributed by atoms with Crippen LogP contribution in [0.2, 0.25) is 0 Å². The van der Waals surface area contributed by atoms with Crippen molar-refractivity contribution in [3.05, 3.63) is 53.2 Å². The van der Waals surface area contributed by atoms with E-state index >= 15 is 0 Å². The van der Waals surface area contributed by atoms with Crippen LogP contribution in [-0.4, -0.2) is 40.8 Å². The molecule has 4 rings (SSSR count). The number of likely N-dealkylation sites (tertiary alicyclic amines) is 1. The number of aromatic hydroxyl groups is 1. The lowest BCUT2D eigenvalue weighted by atomic mass is 9.98. The quantitative estimate of drug-likeness (QED) is 0.558. The summed E-state index contributed by atoms with van der Waals surface area (Å²) in [7, 11) is 0. The number of carbonyl (C=O) groups excluding carboxylic acids is 1. The highest BCUT2D eigenvalue weighted by Gasteiger charge is 2.21. The zero-order chi connectivity index (χ0) is 21.8. The van der Waals surface area contributed by atoms with Crippen molar-refractivity contribution in [2.75, 3.05) is 19.7 Å². The minimum Gasteiger partial charge on any atom is -0.507 e. The zero-order valence-corrected chi connectivity index (χ0v) is 18.0. The van der Waals surface area contributed by atoms with E-state index in [2.05, 4.69) is 17.0 Å². The Morgan fingerprint density at radius 2 is 1.94 bits per heavy atom. The molecule has 1 saturated heterocycles. The molecule has 3 aromatic rings. The first kappa shape index (κ1) is 21.2. The van der Waals surface area contributed by atoms with Crippen LogP contribution in [0.1, 0.15) is 48.3 Å². The van der Waals surface area contributed by atoms with E-state index in [-0.39, 0.29) is 18.3 Å². The second-order valence-corrected chi connectivity index (χ2v) is 8.06. The molecule has 2 aromatic carbocycles. The number of hydrogen-bond donors (Lipinski definition) is 1. The van der Waals surface area contributed by atoms with Gasteiger partial charge in [-0.2, -0.15) is 0 Å². The molecule has 0 radical (unpaired) electrons. The first-order chi connectivity index (χ1) is 15.0. The Kier molecular flexibility index (Phi) is 6.42. The van der Waals surface area contributed by atoms with Crippen LogP contribution >= 0.6 is 0 Å². The van der Waals surface area contributed by atoms with Gasteiger partial charge < -0.3 is 19.1 Å². The molecule has 1 N–H and O–H groups in total. The molecule has 2 heterocycles. The van der Waals surface area contributed by atoms with E-state index in [4.69, 9.17) is 14.0 Å². The molecule has 0 bridgehead atoms. The first-order valence-electron chi connectivity index (χ1n) is 10.8. The van der Waals surface area contributed by atoms with Crippen molar-refractivity contribution in [2.45, 2.75) is 39.8 Å². The van der Waals surface area contributed by atoms with Gasteiger partial charge in [0.15, 0.2) is 5.58 Å². The van der Waals surface area contributed by atoms with Crippen molar-refractivity contribution in [1.29, 1.82) is 0 Å². The average molecular weight is 424 g/mol. The number of phenolic OH excluding ortho intramolecular Hbond substituents is 1. The summed E-state index contributed by atoms with van der Waals surface area (Å²) >= 11 is 0. The molecule has 1 aromatic heterocycles. The fourth-order valence-electron chi connectivity index (χ4n) is 3.85. The maximum atomic E-state index is 11.8. The Morgan fingerprint density at radius 3 is 2.65 bits per heavy atom. The second-order valence-electron chi connectivity index (χ2n) is 8.06. The van der Waals surface area contributed by atoms with E-state index in [1.54, 1.807) is 37.3 Å². The van der Waals surface area contributed by atoms with Gasteiger partial charge in [-0.15, -0.1) is 0 Å². The largest absolute Gasteiger partial charge is 0.507 e. The number of phenols is 1. The molecule has 31 heavy (non-hydrogen) atoms. The summed E-state index contributed by atoms with van der Waals surface area (Å²) < 4.78 is 16.4. The van der Waals surface area contributed by atoms with Gasteiger partial charge >= 0.3 is 5.97 Å². The number of carbonyl (C=O) groups is 1. The van der Waals surface area contributed by atoms with E-state index in [1.807, 2.05) is 6.07 Å². The second kappa shape index (κ2) is 9.39. The summed E-state index contributed by atoms with van der Waals surface area (Å²) in [6.07, 6.45) is 2.34. The van der Waals surface area contributed by atoms with Gasteiger partial charge in [0.05, 0.1) is 17.7 Å². The van der Waals surface area contributed by atoms with Crippen LogP contribution in [0.4, 0.5) is 0 Å². The molecular formula is C24H28N2O5. The Balaban J connectivity index is 1.46. The maximum Gasteiger partial charge on any atom is 0.338 e. The molecule has 0 spiro atoms. The molecule has 0 amide bonds. The van der Waals surface area contributed by atoms with Crippen LogP contribution in [0.3, 0.4) is 0 Å². The highest BCUT2D eigenvalue weighted by Crippen LogP contribution is 2.32. The molecule has 1 aliphatic rings. The van der Waals surface area contributed by atoms with Crippen molar-refractivity contribution in [2.24, 2.45) is 5.92 Å². The van der Waals surface area contributed by atoms with Crippen LogP contribution in [0.15, 0.2) is 40.9 Å². The fraction of sp³-hybridized carbons (Fsp3) is 0.417. The maximum absolute atomic E-state index is 11.8. The third-order valence-corrected chi connectivity index (χ3v) is 5.79. The zero-order valence-electron chi connectivity index (χ0n) is 18.0. The number of rotatable bonds is 7. The lowest BCUT2D eigenvalue weighted by molar-refractivity contribution is 0.0526. The Hall–Kier alpha value is -3.06. The molecule has 1 fully saturated rings. The highest BCUT2D eigenvalue weighted by molar-refractivity contribution is 5.89. The van der Waals surface area contributed by atoms with Crippen molar-refractivity contribution < 1.29 is 23.9 Å². The van der Waals surface area contributed by atoms with Crippen molar-refractivity contribution in [3.63, 3.8) is 0 Å². The summed E-state index contributed by atoms with van der Waals surface area (Å²) in [5.41, 5.74) is 2.52. The van der Waals surface area contributed by atoms with Crippen LogP contribution in [0.25, 0.3) is 11.0 Å². The van der Waals surface area contributed by atoms with E-state index < -0.39 is 0 Å². The molecule has 7 nitrogen and oxygen atoms in total. The molecule has 164 valence electrons. The molecular weight excluding hydrogens is 396 g/mol. The number of hydrogen-bond acceptors (Lipinski definition) is 7. The number of piperidine rings is 1. The van der Waals surface area contributed by atoms with Gasteiger partial charge in [-0.1, -0.05) is 12.1 Å². The van der Waals surface area contributed by atoms with Gasteiger partial charge in [0.2, 0.25) is 0 Å². The molecule has 0 atom stereocenters. The van der Waals surface area contributed by atoms with Gasteiger partial charge in [-0.25, -0.2) is 4.79 Å². The minimum absolute atomic E-state index is 0.219. The van der Waals surface area contributed by atoms with Gasteiger partial charge in [-0.3, -0.25) is 4.90 Å². The normalized spacial score (nSPS) is 15.3. The van der Waals surface area contributed by atoms with E-state index in [0.717, 1.165) is 30.0 Å². The van der Waals surface area contributed by atoms with Crippen LogP contribution < -0.4 is 4.74 Å². The smallest absolute Gasteiger partial charge is 0.338 e. The van der Waals surface area contributed by atoms with Crippen molar-refractivity contribution in [1.82, 2.24) is 10.1 Å². The highest BCUT2D eigenvalue weighted by atomic mass is 16.5. The number of benzene rings is 2. The lowest BCUT2D eigenvalue weighted by Crippen LogP contribution is -2.32. The number of fused-ring (bicyclic) bond motifs is 1. The van der Waals surface area contributed by atoms with Gasteiger partial charge in [0.1, 0.15) is 23.8 Å². The summed E-state index contributed by atoms with van der Waals surface area (Å²) in [5.74, 6) is 1.24. The number of ether oxygens (including phenoxy) is 2. The van der Waals surface area contributed by atoms with Gasteiger partial charge in [0.25, 0.3) is 0 Å². The Labute approximate surface area is 181 Å². The number of esters is 1. The predicted molar refractivity (Wildman–Crippen MR) is 116 cm³/mol. The molecule has 0 saturated carbocycles. The van der Waals surface area contributed by atoms with Crippen molar-refractivity contribution in [3.8, 4) is 11.5 Å². The van der Waals surface area contributed by atoms with Crippen molar-refractivity contribution >= 4 is 16.9 Å². The number of aromatic nitrogens is 1. The predicted octanol–water partition coefficient (Wildman–Crippen LogP) is 4.52. The molecule has 1 aliphatic heterocycles. The first-order valence-corrected chi connectivity index (χ1v) is 10.8. The third kappa shape index (κ3) is 4.82. The number of nitrogens with zero attached hydrogens (tertiary/aromatic N) is 2. The monoisotopic (exact) mass is 424 g/mol. The summed E-state index contributed by atoms with van der Waals surface area (Å²) in [6.45, 7) is 7.28. The van der Waals surface area contributed by atoms with Crippen LogP contribution in [-0.2, 0) is 17.9 Å². The summed E-state index contributed by atoms with van der Waals surface area (Å²) in [4.78, 5) is 14.1. The fourth-order valence-corrected chi connectivity index (χ4v) is 3.85. The molecule has 0 unspecified atom stereocenters. The Morgan fingerprint density at radius 1 is 1.19 bits per heavy atom. The third-order valence-electron chi connectivity index (χ3n) is 5.79. The van der Waals surface area contributed by atoms with Crippen LogP contribution in [0.5, 0.6) is 11.5 Å². The van der Waals surface area contributed by atoms with E-state index in [0.29, 0.717) is 35.7 Å². The van der Waals surface area contributed by atoms with E-state index in [1.165, 1.54) is 12.8 Å². The molecule has 7 heteroatoms. The minimum atomic E-state index is -0.355. The van der Waals surface area contributed by atoms with Gasteiger partial charge in [0, 0.05) is 11.9 Å². The average Bonchev–Trinajstić information content (AvgIpc) is 3.19. The Bertz CT molecular complexity index is 1040. The standard InChI is InChI=1S/C24H28N2O5/c1-3-29-24(28)17-4-6-18(7-5-17)30-15-21-19-8-9-22(27)20(23(19)31-25-21)14-26-12-10-16(2)11-13-26/h4-9,16,27H,3,10-15H2,1-2H3. The molecule has 0 aliphatic carbocycles. The summed E-state index contributed by atoms with van der Waals surface area (Å²) in [5, 5.41) is 15.5. The van der Waals surface area contributed by atoms with Gasteiger partial charge in [-0.05, 0) is 75.2 Å². The van der Waals surface area contributed by atoms with E-state index in [9.17, 15) is 9.90 Å². The SMILES string of the molecule is CCOC(=O)c1ccc(OCc2noc3c(CN4CCC(C)CC4)c(O)ccc23)cc1.